The number of rotatable bonds is 8. The summed E-state index contributed by atoms with van der Waals surface area (Å²) >= 11 is 0. The monoisotopic (exact) mass is 432 g/mol. The largest absolute Gasteiger partial charge is 0.543 e. The van der Waals surface area contributed by atoms with Gasteiger partial charge < -0.3 is 23.4 Å². The van der Waals surface area contributed by atoms with Gasteiger partial charge >= 0.3 is 0 Å². The highest BCUT2D eigenvalue weighted by Gasteiger charge is 2.39. The first-order valence-corrected chi connectivity index (χ1v) is 12.6. The van der Waals surface area contributed by atoms with Gasteiger partial charge in [-0.3, -0.25) is 4.79 Å². The van der Waals surface area contributed by atoms with Crippen molar-refractivity contribution in [1.29, 1.82) is 0 Å². The van der Waals surface area contributed by atoms with Crippen LogP contribution in [-0.2, 0) is 0 Å². The number of hydrogen-bond donors (Lipinski definition) is 0. The van der Waals surface area contributed by atoms with E-state index >= 15 is 0 Å². The maximum Gasteiger partial charge on any atom is 0.250 e. The van der Waals surface area contributed by atoms with Crippen LogP contribution < -0.4 is 23.4 Å². The van der Waals surface area contributed by atoms with Gasteiger partial charge in [-0.25, -0.2) is 0 Å². The van der Waals surface area contributed by atoms with Crippen molar-refractivity contribution in [2.75, 3.05) is 28.4 Å². The first-order chi connectivity index (χ1) is 14.0. The summed E-state index contributed by atoms with van der Waals surface area (Å²) in [5.74, 6) is 2.15. The van der Waals surface area contributed by atoms with E-state index in [9.17, 15) is 4.79 Å². The van der Waals surface area contributed by atoms with Crippen molar-refractivity contribution in [3.8, 4) is 28.7 Å². The minimum atomic E-state index is -2.16. The summed E-state index contributed by atoms with van der Waals surface area (Å²) in [6, 6.07) is 8.57. The van der Waals surface area contributed by atoms with E-state index in [1.807, 2.05) is 0 Å². The zero-order valence-electron chi connectivity index (χ0n) is 19.3. The van der Waals surface area contributed by atoms with Crippen molar-refractivity contribution in [2.24, 2.45) is 0 Å². The molecule has 0 N–H and O–H groups in total. The molecular formula is C23H32O6Si. The highest BCUT2D eigenvalue weighted by Crippen LogP contribution is 2.41. The lowest BCUT2D eigenvalue weighted by Crippen LogP contribution is -2.44. The van der Waals surface area contributed by atoms with Gasteiger partial charge in [0, 0.05) is 5.56 Å². The zero-order valence-corrected chi connectivity index (χ0v) is 20.3. The topological polar surface area (TPSA) is 63.2 Å². The van der Waals surface area contributed by atoms with Crippen LogP contribution in [0.5, 0.6) is 28.7 Å². The molecular weight excluding hydrogens is 400 g/mol. The van der Waals surface area contributed by atoms with Crippen LogP contribution in [0.2, 0.25) is 18.1 Å². The Hall–Kier alpha value is -2.67. The Morgan fingerprint density at radius 2 is 1.37 bits per heavy atom. The van der Waals surface area contributed by atoms with E-state index in [1.54, 1.807) is 37.4 Å². The molecule has 0 radical (unpaired) electrons. The fraction of sp³-hybridized carbons (Fsp3) is 0.435. The van der Waals surface area contributed by atoms with Crippen LogP contribution in [0.25, 0.3) is 0 Å². The van der Waals surface area contributed by atoms with Crippen LogP contribution in [0, 0.1) is 0 Å². The maximum atomic E-state index is 13.5. The smallest absolute Gasteiger partial charge is 0.250 e. The van der Waals surface area contributed by atoms with Crippen LogP contribution in [-0.4, -0.2) is 42.5 Å². The normalized spacial score (nSPS) is 11.6. The third-order valence-electron chi connectivity index (χ3n) is 5.53. The molecule has 164 valence electrons. The Kier molecular flexibility index (Phi) is 7.08. The van der Waals surface area contributed by atoms with Crippen LogP contribution in [0.3, 0.4) is 0 Å². The highest BCUT2D eigenvalue weighted by atomic mass is 28.4. The number of carbonyl (C=O) groups excluding carboxylic acids is 1. The van der Waals surface area contributed by atoms with E-state index in [4.69, 9.17) is 23.4 Å². The van der Waals surface area contributed by atoms with Crippen molar-refractivity contribution < 1.29 is 28.2 Å². The van der Waals surface area contributed by atoms with Crippen molar-refractivity contribution in [1.82, 2.24) is 0 Å². The van der Waals surface area contributed by atoms with Crippen molar-refractivity contribution in [2.45, 2.75) is 38.9 Å². The minimum Gasteiger partial charge on any atom is -0.543 e. The first kappa shape index (κ1) is 23.6. The van der Waals surface area contributed by atoms with Gasteiger partial charge in [-0.05, 0) is 48.5 Å². The molecule has 0 heterocycles. The summed E-state index contributed by atoms with van der Waals surface area (Å²) in [5, 5.41) is -0.0141. The van der Waals surface area contributed by atoms with Crippen LogP contribution >= 0.6 is 0 Å². The molecule has 7 heteroatoms. The van der Waals surface area contributed by atoms with Crippen LogP contribution in [0.4, 0.5) is 0 Å². The molecule has 0 spiro atoms. The molecule has 0 saturated heterocycles. The highest BCUT2D eigenvalue weighted by molar-refractivity contribution is 6.74. The molecule has 2 rings (SSSR count). The molecule has 2 aromatic rings. The Morgan fingerprint density at radius 1 is 0.800 bits per heavy atom. The SMILES string of the molecule is COc1ccc(O[Si](C)(C)C(C)(C)C)c(C(=O)c2cc(OC)c(OC)c(OC)c2)c1. The lowest BCUT2D eigenvalue weighted by molar-refractivity contribution is 0.103. The van der Waals surface area contributed by atoms with Gasteiger partial charge in [0.05, 0.1) is 34.0 Å². The Balaban J connectivity index is 2.61. The van der Waals surface area contributed by atoms with E-state index in [0.717, 1.165) is 0 Å². The second-order valence-corrected chi connectivity index (χ2v) is 13.2. The molecule has 0 fully saturated rings. The maximum absolute atomic E-state index is 13.5. The van der Waals surface area contributed by atoms with Gasteiger partial charge in [-0.1, -0.05) is 20.8 Å². The second-order valence-electron chi connectivity index (χ2n) is 8.47. The third kappa shape index (κ3) is 4.72. The molecule has 2 aromatic carbocycles. The second kappa shape index (κ2) is 9.00. The molecule has 0 aliphatic rings. The first-order valence-electron chi connectivity index (χ1n) is 9.70. The minimum absolute atomic E-state index is 0.0141. The number of ketones is 1. The van der Waals surface area contributed by atoms with Gasteiger partial charge in [0.2, 0.25) is 5.75 Å². The standard InChI is InChI=1S/C23H32O6Si/c1-23(2,3)30(8,9)29-18-11-10-16(25-4)14-17(18)21(24)15-12-19(26-5)22(28-7)20(13-15)27-6/h10-14H,1-9H3. The Labute approximate surface area is 180 Å². The summed E-state index contributed by atoms with van der Waals surface area (Å²) in [4.78, 5) is 13.5. The molecule has 0 aliphatic heterocycles. The van der Waals surface area contributed by atoms with Crippen LogP contribution in [0.15, 0.2) is 30.3 Å². The van der Waals surface area contributed by atoms with E-state index in [-0.39, 0.29) is 10.8 Å². The number of carbonyl (C=O) groups is 1. The van der Waals surface area contributed by atoms with Gasteiger partial charge in [-0.2, -0.15) is 0 Å². The van der Waals surface area contributed by atoms with Crippen molar-refractivity contribution in [3.63, 3.8) is 0 Å². The molecule has 6 nitrogen and oxygen atoms in total. The number of hydrogen-bond acceptors (Lipinski definition) is 6. The zero-order chi connectivity index (χ0) is 22.7. The van der Waals surface area contributed by atoms with Crippen LogP contribution in [0.1, 0.15) is 36.7 Å². The van der Waals surface area contributed by atoms with Gasteiger partial charge in [0.25, 0.3) is 8.32 Å². The molecule has 30 heavy (non-hydrogen) atoms. The van der Waals surface area contributed by atoms with E-state index < -0.39 is 8.32 Å². The number of methoxy groups -OCH3 is 4. The number of ether oxygens (including phenoxy) is 4. The molecule has 0 aliphatic carbocycles. The summed E-state index contributed by atoms with van der Waals surface area (Å²) < 4.78 is 28.0. The van der Waals surface area contributed by atoms with Gasteiger partial charge in [-0.15, -0.1) is 0 Å². The quantitative estimate of drug-likeness (QED) is 0.415. The van der Waals surface area contributed by atoms with E-state index in [0.29, 0.717) is 39.9 Å². The fourth-order valence-electron chi connectivity index (χ4n) is 2.70. The summed E-state index contributed by atoms with van der Waals surface area (Å²) in [6.45, 7) is 10.8. The average Bonchev–Trinajstić information content (AvgIpc) is 2.71. The Morgan fingerprint density at radius 3 is 1.80 bits per heavy atom. The third-order valence-corrected chi connectivity index (χ3v) is 9.87. The van der Waals surface area contributed by atoms with Crippen molar-refractivity contribution >= 4 is 14.1 Å². The predicted molar refractivity (Wildman–Crippen MR) is 120 cm³/mol. The predicted octanol–water partition coefficient (Wildman–Crippen LogP) is 5.34. The van der Waals surface area contributed by atoms with E-state index in [2.05, 4.69) is 33.9 Å². The summed E-state index contributed by atoms with van der Waals surface area (Å²) in [6.07, 6.45) is 0. The number of benzene rings is 2. The molecule has 0 amide bonds. The molecule has 0 atom stereocenters. The molecule has 0 aromatic heterocycles. The average molecular weight is 433 g/mol. The lowest BCUT2D eigenvalue weighted by atomic mass is 10.0. The Bertz CT molecular complexity index is 889. The molecule has 0 bridgehead atoms. The van der Waals surface area contributed by atoms with Gasteiger partial charge in [0.1, 0.15) is 11.5 Å². The van der Waals surface area contributed by atoms with Gasteiger partial charge in [0.15, 0.2) is 17.3 Å². The molecule has 0 saturated carbocycles. The van der Waals surface area contributed by atoms with E-state index in [1.165, 1.54) is 21.3 Å². The lowest BCUT2D eigenvalue weighted by Gasteiger charge is -2.37. The van der Waals surface area contributed by atoms with Crippen molar-refractivity contribution in [3.05, 3.63) is 41.5 Å². The summed E-state index contributed by atoms with van der Waals surface area (Å²) in [7, 11) is 3.96. The fourth-order valence-corrected chi connectivity index (χ4v) is 3.73. The summed E-state index contributed by atoms with van der Waals surface area (Å²) in [5.41, 5.74) is 0.825. The molecule has 0 unspecified atom stereocenters.